The van der Waals surface area contributed by atoms with Gasteiger partial charge in [0.1, 0.15) is 6.61 Å². The third-order valence-corrected chi connectivity index (χ3v) is 6.28. The van der Waals surface area contributed by atoms with Gasteiger partial charge < -0.3 is 9.47 Å². The molecular weight excluding hydrogens is 474 g/mol. The van der Waals surface area contributed by atoms with Gasteiger partial charge in [-0.3, -0.25) is 0 Å². The highest BCUT2D eigenvalue weighted by molar-refractivity contribution is 7.99. The monoisotopic (exact) mass is 490 g/mol. The Labute approximate surface area is 187 Å². The van der Waals surface area contributed by atoms with Crippen molar-refractivity contribution >= 4 is 39.4 Å². The summed E-state index contributed by atoms with van der Waals surface area (Å²) in [4.78, 5) is 11.6. The first-order valence-electron chi connectivity index (χ1n) is 8.75. The molecule has 0 fully saturated rings. The zero-order valence-corrected chi connectivity index (χ0v) is 18.3. The van der Waals surface area contributed by atoms with E-state index in [1.807, 2.05) is 0 Å². The van der Waals surface area contributed by atoms with Crippen LogP contribution in [0, 0.1) is 23.0 Å². The number of hydrogen-bond acceptors (Lipinski definition) is 7. The van der Waals surface area contributed by atoms with Gasteiger partial charge in [0.25, 0.3) is 0 Å². The maximum absolute atomic E-state index is 14.1. The Balaban J connectivity index is 1.85. The molecule has 2 aromatic rings. The molecule has 0 unspecified atom stereocenters. The Kier molecular flexibility index (Phi) is 9.51. The van der Waals surface area contributed by atoms with Gasteiger partial charge in [-0.15, -0.1) is 11.8 Å². The molecule has 0 aliphatic heterocycles. The van der Waals surface area contributed by atoms with Crippen LogP contribution in [0.1, 0.15) is 6.42 Å². The topological polar surface area (TPSA) is 105 Å². The maximum atomic E-state index is 14.1. The van der Waals surface area contributed by atoms with E-state index in [1.54, 1.807) is 6.07 Å². The van der Waals surface area contributed by atoms with Gasteiger partial charge in [-0.25, -0.2) is 26.7 Å². The van der Waals surface area contributed by atoms with Crippen molar-refractivity contribution in [3.05, 3.63) is 53.1 Å². The second kappa shape index (κ2) is 11.9. The minimum Gasteiger partial charge on any atom is -0.476 e. The normalized spacial score (nSPS) is 11.0. The highest BCUT2D eigenvalue weighted by Gasteiger charge is 2.16. The Morgan fingerprint density at radius 1 is 1.19 bits per heavy atom. The van der Waals surface area contributed by atoms with E-state index in [2.05, 4.69) is 9.46 Å². The molecule has 1 N–H and O–H groups in total. The molecule has 0 amide bonds. The van der Waals surface area contributed by atoms with Crippen LogP contribution in [0.2, 0.25) is 5.02 Å². The third kappa shape index (κ3) is 7.99. The summed E-state index contributed by atoms with van der Waals surface area (Å²) >= 11 is 6.76. The van der Waals surface area contributed by atoms with Gasteiger partial charge in [-0.1, -0.05) is 11.6 Å². The summed E-state index contributed by atoms with van der Waals surface area (Å²) in [5, 5.41) is 8.76. The van der Waals surface area contributed by atoms with Crippen molar-refractivity contribution in [3.63, 3.8) is 0 Å². The van der Waals surface area contributed by atoms with E-state index in [-0.39, 0.29) is 35.1 Å². The van der Waals surface area contributed by atoms with Crippen LogP contribution in [-0.2, 0) is 19.6 Å². The number of esters is 1. The zero-order valence-electron chi connectivity index (χ0n) is 15.9. The average Bonchev–Trinajstić information content (AvgIpc) is 2.71. The summed E-state index contributed by atoms with van der Waals surface area (Å²) in [6.07, 6.45) is -0.00373. The lowest BCUT2D eigenvalue weighted by molar-refractivity contribution is -0.145. The smallest absolute Gasteiger partial charge is 0.344 e. The number of hydrogen-bond donors (Lipinski definition) is 1. The lowest BCUT2D eigenvalue weighted by atomic mass is 10.3. The van der Waals surface area contributed by atoms with Gasteiger partial charge in [0, 0.05) is 22.2 Å². The van der Waals surface area contributed by atoms with E-state index in [0.29, 0.717) is 5.02 Å². The first kappa shape index (κ1) is 24.9. The van der Waals surface area contributed by atoms with E-state index in [1.165, 1.54) is 24.3 Å². The first-order chi connectivity index (χ1) is 14.7. The number of carbonyl (C=O) groups is 1. The average molecular weight is 491 g/mol. The van der Waals surface area contributed by atoms with Crippen LogP contribution in [0.4, 0.5) is 8.78 Å². The molecule has 31 heavy (non-hydrogen) atoms. The quantitative estimate of drug-likeness (QED) is 0.292. The summed E-state index contributed by atoms with van der Waals surface area (Å²) < 4.78 is 64.4. The number of rotatable bonds is 11. The van der Waals surface area contributed by atoms with Gasteiger partial charge in [0.05, 0.1) is 17.4 Å². The third-order valence-electron chi connectivity index (χ3n) is 3.57. The summed E-state index contributed by atoms with van der Waals surface area (Å²) in [6.45, 7) is -0.828. The van der Waals surface area contributed by atoms with Crippen molar-refractivity contribution in [1.29, 1.82) is 5.26 Å². The van der Waals surface area contributed by atoms with Gasteiger partial charge in [-0.2, -0.15) is 5.26 Å². The molecule has 166 valence electrons. The molecule has 0 saturated heterocycles. The van der Waals surface area contributed by atoms with Crippen molar-refractivity contribution in [2.24, 2.45) is 0 Å². The van der Waals surface area contributed by atoms with Gasteiger partial charge in [0.2, 0.25) is 10.0 Å². The standard InChI is InChI=1S/C19H17ClF2N2O5S2/c20-13-2-4-15(5-3-13)31(26,27)24-7-9-30-14-10-16(21)19(17(22)11-14)29-12-18(25)28-8-1-6-23/h2-5,10-11,24H,1,7-9,12H2. The van der Waals surface area contributed by atoms with Crippen LogP contribution in [0.3, 0.4) is 0 Å². The van der Waals surface area contributed by atoms with Crippen molar-refractivity contribution in [1.82, 2.24) is 4.72 Å². The fourth-order valence-electron chi connectivity index (χ4n) is 2.18. The summed E-state index contributed by atoms with van der Waals surface area (Å²) in [6, 6.07) is 9.43. The maximum Gasteiger partial charge on any atom is 0.344 e. The highest BCUT2D eigenvalue weighted by Crippen LogP contribution is 2.28. The van der Waals surface area contributed by atoms with Gasteiger partial charge in [-0.05, 0) is 36.4 Å². The second-order valence-corrected chi connectivity index (χ2v) is 9.21. The molecule has 0 radical (unpaired) electrons. The predicted octanol–water partition coefficient (Wildman–Crippen LogP) is 3.52. The van der Waals surface area contributed by atoms with Crippen LogP contribution in [0.25, 0.3) is 0 Å². The van der Waals surface area contributed by atoms with Crippen molar-refractivity contribution < 1.29 is 31.5 Å². The molecule has 0 aliphatic carbocycles. The molecule has 0 atom stereocenters. The summed E-state index contributed by atoms with van der Waals surface area (Å²) in [5.41, 5.74) is 0. The molecule has 2 aromatic carbocycles. The van der Waals surface area contributed by atoms with E-state index < -0.39 is 40.0 Å². The fourth-order valence-corrected chi connectivity index (χ4v) is 4.28. The minimum atomic E-state index is -3.73. The Bertz CT molecular complexity index is 1040. The summed E-state index contributed by atoms with van der Waals surface area (Å²) in [5.74, 6) is -3.43. The number of carbonyl (C=O) groups excluding carboxylic acids is 1. The van der Waals surface area contributed by atoms with E-state index in [0.717, 1.165) is 23.9 Å². The number of nitrogens with zero attached hydrogens (tertiary/aromatic N) is 1. The van der Waals surface area contributed by atoms with Crippen molar-refractivity contribution in [3.8, 4) is 11.8 Å². The number of halogens is 3. The van der Waals surface area contributed by atoms with Crippen LogP contribution < -0.4 is 9.46 Å². The predicted molar refractivity (Wildman–Crippen MR) is 110 cm³/mol. The van der Waals surface area contributed by atoms with Crippen LogP contribution in [-0.4, -0.2) is 39.9 Å². The van der Waals surface area contributed by atoms with Crippen molar-refractivity contribution in [2.45, 2.75) is 16.2 Å². The van der Waals surface area contributed by atoms with Crippen LogP contribution >= 0.6 is 23.4 Å². The lowest BCUT2D eigenvalue weighted by Crippen LogP contribution is -2.26. The molecule has 0 heterocycles. The molecule has 2 rings (SSSR count). The summed E-state index contributed by atoms with van der Waals surface area (Å²) in [7, 11) is -3.73. The first-order valence-corrected chi connectivity index (χ1v) is 11.6. The van der Waals surface area contributed by atoms with E-state index in [9.17, 15) is 22.0 Å². The minimum absolute atomic E-state index is 0.00373. The van der Waals surface area contributed by atoms with E-state index >= 15 is 0 Å². The van der Waals surface area contributed by atoms with Gasteiger partial charge >= 0.3 is 5.97 Å². The molecule has 0 saturated carbocycles. The molecule has 0 spiro atoms. The zero-order chi connectivity index (χ0) is 22.9. The molecule has 12 heteroatoms. The number of thioether (sulfide) groups is 1. The lowest BCUT2D eigenvalue weighted by Gasteiger charge is -2.10. The largest absolute Gasteiger partial charge is 0.476 e. The molecule has 0 bridgehead atoms. The number of benzene rings is 2. The molecule has 0 aromatic heterocycles. The van der Waals surface area contributed by atoms with Crippen LogP contribution in [0.15, 0.2) is 46.2 Å². The van der Waals surface area contributed by atoms with Gasteiger partial charge in [0.15, 0.2) is 24.0 Å². The fraction of sp³-hybridized carbons (Fsp3) is 0.263. The Morgan fingerprint density at radius 3 is 2.45 bits per heavy atom. The number of nitriles is 1. The Hall–Kier alpha value is -2.39. The van der Waals surface area contributed by atoms with E-state index in [4.69, 9.17) is 21.6 Å². The van der Waals surface area contributed by atoms with Crippen LogP contribution in [0.5, 0.6) is 5.75 Å². The number of ether oxygens (including phenoxy) is 2. The SMILES string of the molecule is N#CCCOC(=O)COc1c(F)cc(SCCNS(=O)(=O)c2ccc(Cl)cc2)cc1F. The van der Waals surface area contributed by atoms with Crippen molar-refractivity contribution in [2.75, 3.05) is 25.5 Å². The second-order valence-electron chi connectivity index (χ2n) is 5.83. The number of sulfonamides is 1. The molecule has 7 nitrogen and oxygen atoms in total. The molecule has 0 aliphatic rings. The Morgan fingerprint density at radius 2 is 1.84 bits per heavy atom. The number of nitrogens with one attached hydrogen (secondary N) is 1. The highest BCUT2D eigenvalue weighted by atomic mass is 35.5. The molecular formula is C19H17ClF2N2O5S2.